The van der Waals surface area contributed by atoms with Gasteiger partial charge in [0, 0.05) is 19.2 Å². The maximum Gasteiger partial charge on any atom is 0.573 e. The standard InChI is InChI=1S/C17H18F3N3O4S.ClH/c1-22(2)5-6-23(15(24)13-10-25-7-8-26-13)16-21-12-4-3-11(9-14(12)28-16)27-17(18,19)20;/h3-4,9-10H,5-8H2,1-2H3;1H. The van der Waals surface area contributed by atoms with Crippen LogP contribution in [-0.4, -0.2) is 62.6 Å². The molecular formula is C17H19ClF3N3O4S. The zero-order valence-corrected chi connectivity index (χ0v) is 17.2. The van der Waals surface area contributed by atoms with Gasteiger partial charge in [-0.3, -0.25) is 9.69 Å². The van der Waals surface area contributed by atoms with Crippen molar-refractivity contribution in [1.82, 2.24) is 9.88 Å². The summed E-state index contributed by atoms with van der Waals surface area (Å²) in [5.74, 6) is -0.703. The molecule has 1 aromatic heterocycles. The number of rotatable bonds is 6. The first-order chi connectivity index (χ1) is 13.2. The van der Waals surface area contributed by atoms with Gasteiger partial charge in [-0.05, 0) is 26.2 Å². The van der Waals surface area contributed by atoms with Crippen LogP contribution >= 0.6 is 23.7 Å². The summed E-state index contributed by atoms with van der Waals surface area (Å²) < 4.78 is 52.2. The highest BCUT2D eigenvalue weighted by Crippen LogP contribution is 2.33. The first-order valence-corrected chi connectivity index (χ1v) is 9.12. The van der Waals surface area contributed by atoms with Gasteiger partial charge in [0.2, 0.25) is 5.76 Å². The van der Waals surface area contributed by atoms with E-state index in [-0.39, 0.29) is 30.5 Å². The van der Waals surface area contributed by atoms with E-state index in [1.54, 1.807) is 0 Å². The summed E-state index contributed by atoms with van der Waals surface area (Å²) in [7, 11) is 3.72. The summed E-state index contributed by atoms with van der Waals surface area (Å²) in [6.45, 7) is 1.49. The molecule has 1 aliphatic rings. The largest absolute Gasteiger partial charge is 0.573 e. The van der Waals surface area contributed by atoms with Gasteiger partial charge < -0.3 is 19.1 Å². The number of ether oxygens (including phenoxy) is 3. The molecule has 3 rings (SSSR count). The number of carbonyl (C=O) groups is 1. The third-order valence-corrected chi connectivity index (χ3v) is 4.73. The number of hydrogen-bond acceptors (Lipinski definition) is 7. The lowest BCUT2D eigenvalue weighted by Gasteiger charge is -2.24. The molecule has 0 fully saturated rings. The number of aromatic nitrogens is 1. The Morgan fingerprint density at radius 1 is 1.28 bits per heavy atom. The van der Waals surface area contributed by atoms with Gasteiger partial charge in [-0.1, -0.05) is 11.3 Å². The molecule has 29 heavy (non-hydrogen) atoms. The Labute approximate surface area is 175 Å². The van der Waals surface area contributed by atoms with Crippen LogP contribution in [0, 0.1) is 0 Å². The van der Waals surface area contributed by atoms with E-state index in [0.29, 0.717) is 35.0 Å². The van der Waals surface area contributed by atoms with E-state index in [1.165, 1.54) is 29.4 Å². The Morgan fingerprint density at radius 2 is 2.03 bits per heavy atom. The van der Waals surface area contributed by atoms with Crippen molar-refractivity contribution in [1.29, 1.82) is 0 Å². The molecule has 12 heteroatoms. The lowest BCUT2D eigenvalue weighted by molar-refractivity contribution is -0.274. The second kappa shape index (κ2) is 9.51. The molecule has 0 atom stereocenters. The Morgan fingerprint density at radius 3 is 2.66 bits per heavy atom. The second-order valence-corrected chi connectivity index (χ2v) is 7.14. The van der Waals surface area contributed by atoms with Crippen LogP contribution < -0.4 is 9.64 Å². The summed E-state index contributed by atoms with van der Waals surface area (Å²) in [5.41, 5.74) is 0.465. The van der Waals surface area contributed by atoms with Gasteiger partial charge in [0.15, 0.2) is 5.13 Å². The van der Waals surface area contributed by atoms with Gasteiger partial charge in [-0.15, -0.1) is 25.6 Å². The van der Waals surface area contributed by atoms with Gasteiger partial charge in [0.25, 0.3) is 5.91 Å². The maximum atomic E-state index is 12.9. The minimum Gasteiger partial charge on any atom is -0.494 e. The molecule has 7 nitrogen and oxygen atoms in total. The highest BCUT2D eigenvalue weighted by atomic mass is 35.5. The molecule has 0 saturated heterocycles. The number of amides is 1. The van der Waals surface area contributed by atoms with Crippen LogP contribution in [0.25, 0.3) is 10.2 Å². The summed E-state index contributed by atoms with van der Waals surface area (Å²) in [6, 6.07) is 3.86. The van der Waals surface area contributed by atoms with Gasteiger partial charge >= 0.3 is 6.36 Å². The minimum atomic E-state index is -4.78. The van der Waals surface area contributed by atoms with Crippen molar-refractivity contribution in [2.24, 2.45) is 0 Å². The first-order valence-electron chi connectivity index (χ1n) is 8.30. The molecule has 0 saturated carbocycles. The molecule has 0 aliphatic carbocycles. The fraction of sp³-hybridized carbons (Fsp3) is 0.412. The van der Waals surface area contributed by atoms with Crippen molar-refractivity contribution in [2.45, 2.75) is 6.36 Å². The molecule has 2 heterocycles. The van der Waals surface area contributed by atoms with E-state index in [9.17, 15) is 18.0 Å². The molecule has 2 aromatic rings. The minimum absolute atomic E-state index is 0. The topological polar surface area (TPSA) is 64.1 Å². The van der Waals surface area contributed by atoms with Crippen LogP contribution in [0.3, 0.4) is 0 Å². The van der Waals surface area contributed by atoms with Gasteiger partial charge in [0.05, 0.1) is 10.2 Å². The lowest BCUT2D eigenvalue weighted by atomic mass is 10.3. The Hall–Kier alpha value is -2.24. The molecule has 1 aliphatic heterocycles. The number of hydrogen-bond donors (Lipinski definition) is 0. The zero-order valence-electron chi connectivity index (χ0n) is 15.6. The van der Waals surface area contributed by atoms with Gasteiger partial charge in [-0.2, -0.15) is 0 Å². The fourth-order valence-corrected chi connectivity index (χ4v) is 3.42. The monoisotopic (exact) mass is 453 g/mol. The van der Waals surface area contributed by atoms with Crippen molar-refractivity contribution in [3.63, 3.8) is 0 Å². The summed E-state index contributed by atoms with van der Waals surface area (Å²) in [4.78, 5) is 20.6. The first kappa shape index (κ1) is 23.0. The highest BCUT2D eigenvalue weighted by Gasteiger charge is 2.31. The Kier molecular flexibility index (Phi) is 7.55. The predicted octanol–water partition coefficient (Wildman–Crippen LogP) is 3.40. The SMILES string of the molecule is CN(C)CCN(C(=O)C1=COCCO1)c1nc2ccc(OC(F)(F)F)cc2s1.Cl. The van der Waals surface area contributed by atoms with Crippen LogP contribution in [0.2, 0.25) is 0 Å². The van der Waals surface area contributed by atoms with E-state index in [0.717, 1.165) is 11.3 Å². The van der Waals surface area contributed by atoms with Crippen molar-refractivity contribution >= 4 is 45.0 Å². The van der Waals surface area contributed by atoms with Crippen LogP contribution in [0.4, 0.5) is 18.3 Å². The number of carbonyl (C=O) groups excluding carboxylic acids is 1. The van der Waals surface area contributed by atoms with Crippen molar-refractivity contribution in [3.05, 3.63) is 30.2 Å². The molecule has 1 amide bonds. The second-order valence-electron chi connectivity index (χ2n) is 6.14. The molecular weight excluding hydrogens is 435 g/mol. The average Bonchev–Trinajstić information content (AvgIpc) is 3.03. The van der Waals surface area contributed by atoms with E-state index in [4.69, 9.17) is 9.47 Å². The smallest absolute Gasteiger partial charge is 0.494 e. The maximum absolute atomic E-state index is 12.9. The van der Waals surface area contributed by atoms with Crippen molar-refractivity contribution in [3.8, 4) is 5.75 Å². The lowest BCUT2D eigenvalue weighted by Crippen LogP contribution is -2.38. The Bertz CT molecular complexity index is 888. The number of alkyl halides is 3. The van der Waals surface area contributed by atoms with E-state index < -0.39 is 12.3 Å². The van der Waals surface area contributed by atoms with Gasteiger partial charge in [-0.25, -0.2) is 4.98 Å². The van der Waals surface area contributed by atoms with E-state index >= 15 is 0 Å². The van der Waals surface area contributed by atoms with Crippen LogP contribution in [-0.2, 0) is 14.3 Å². The number of fused-ring (bicyclic) bond motifs is 1. The molecule has 160 valence electrons. The molecule has 0 unspecified atom stereocenters. The van der Waals surface area contributed by atoms with Crippen molar-refractivity contribution in [2.75, 3.05) is 45.3 Å². The molecule has 0 radical (unpaired) electrons. The Balaban J connectivity index is 0.00000300. The van der Waals surface area contributed by atoms with Crippen LogP contribution in [0.5, 0.6) is 5.75 Å². The third-order valence-electron chi connectivity index (χ3n) is 3.69. The van der Waals surface area contributed by atoms with Gasteiger partial charge in [0.1, 0.15) is 25.2 Å². The molecule has 0 N–H and O–H groups in total. The highest BCUT2D eigenvalue weighted by molar-refractivity contribution is 7.22. The number of benzene rings is 1. The number of likely N-dealkylation sites (N-methyl/N-ethyl adjacent to an activating group) is 1. The molecule has 0 spiro atoms. The number of anilines is 1. The number of halogens is 4. The summed E-state index contributed by atoms with van der Waals surface area (Å²) in [5, 5.41) is 0.348. The number of nitrogens with zero attached hydrogens (tertiary/aromatic N) is 3. The number of thiazole rings is 1. The summed E-state index contributed by atoms with van der Waals surface area (Å²) >= 11 is 1.09. The zero-order chi connectivity index (χ0) is 20.3. The van der Waals surface area contributed by atoms with Crippen molar-refractivity contribution < 1.29 is 32.2 Å². The normalized spacial score (nSPS) is 13.9. The predicted molar refractivity (Wildman–Crippen MR) is 104 cm³/mol. The molecule has 1 aromatic carbocycles. The summed E-state index contributed by atoms with van der Waals surface area (Å²) in [6.07, 6.45) is -3.52. The molecule has 0 bridgehead atoms. The quantitative estimate of drug-likeness (QED) is 0.668. The average molecular weight is 454 g/mol. The fourth-order valence-electron chi connectivity index (χ4n) is 2.40. The van der Waals surface area contributed by atoms with E-state index in [2.05, 4.69) is 9.72 Å². The van der Waals surface area contributed by atoms with E-state index in [1.807, 2.05) is 19.0 Å². The third kappa shape index (κ3) is 6.12. The van der Waals surface area contributed by atoms with Crippen LogP contribution in [0.1, 0.15) is 0 Å². The van der Waals surface area contributed by atoms with Crippen LogP contribution in [0.15, 0.2) is 30.2 Å².